The molecule has 0 spiro atoms. The van der Waals surface area contributed by atoms with Crippen LogP contribution in [0, 0.1) is 23.7 Å². The van der Waals surface area contributed by atoms with Gasteiger partial charge in [-0.15, -0.1) is 0 Å². The molecule has 6 heterocycles. The summed E-state index contributed by atoms with van der Waals surface area (Å²) in [5.41, 5.74) is 15.2. The Morgan fingerprint density at radius 3 is 1.33 bits per heavy atom. The fourth-order valence-electron chi connectivity index (χ4n) is 8.97. The van der Waals surface area contributed by atoms with Gasteiger partial charge in [-0.25, -0.2) is 9.59 Å². The summed E-state index contributed by atoms with van der Waals surface area (Å²) < 4.78 is 10.9. The molecule has 8 N–H and O–H groups in total. The van der Waals surface area contributed by atoms with E-state index in [1.54, 1.807) is 36.7 Å². The number of aromatic nitrogens is 2. The van der Waals surface area contributed by atoms with Crippen LogP contribution >= 0.6 is 23.2 Å². The van der Waals surface area contributed by atoms with Crippen molar-refractivity contribution in [1.82, 2.24) is 30.4 Å². The number of carbonyl (C=O) groups excluding carboxylic acids is 2. The third-order valence-corrected chi connectivity index (χ3v) is 13.5. The fraction of sp³-hybridized carbons (Fsp3) is 0.500. The molecule has 2 aromatic carbocycles. The van der Waals surface area contributed by atoms with Gasteiger partial charge in [0.25, 0.3) is 11.8 Å². The highest BCUT2D eigenvalue weighted by molar-refractivity contribution is 6.36. The highest BCUT2D eigenvalue weighted by Gasteiger charge is 2.26. The number of benzene rings is 2. The van der Waals surface area contributed by atoms with Gasteiger partial charge in [-0.05, 0) is 138 Å². The summed E-state index contributed by atoms with van der Waals surface area (Å²) >= 11 is 12.5. The van der Waals surface area contributed by atoms with Gasteiger partial charge < -0.3 is 51.6 Å². The van der Waals surface area contributed by atoms with E-state index < -0.39 is 11.9 Å². The van der Waals surface area contributed by atoms with Crippen molar-refractivity contribution in [3.05, 3.63) is 82.1 Å². The molecule has 0 atom stereocenters. The number of fused-ring (bicyclic) bond motifs is 2. The molecule has 8 rings (SSSR count). The zero-order chi connectivity index (χ0) is 47.0. The summed E-state index contributed by atoms with van der Waals surface area (Å²) in [6.07, 6.45) is 13.6. The zero-order valence-corrected chi connectivity index (χ0v) is 38.8. The van der Waals surface area contributed by atoms with E-state index in [4.69, 9.17) is 54.4 Å². The molecule has 16 nitrogen and oxygen atoms in total. The van der Waals surface area contributed by atoms with Crippen molar-refractivity contribution in [3.63, 3.8) is 0 Å². The lowest BCUT2D eigenvalue weighted by atomic mass is 9.94. The molecule has 0 radical (unpaired) electrons. The van der Waals surface area contributed by atoms with Gasteiger partial charge in [0.15, 0.2) is 0 Å². The van der Waals surface area contributed by atoms with Crippen molar-refractivity contribution in [1.29, 1.82) is 0 Å². The van der Waals surface area contributed by atoms with Crippen molar-refractivity contribution < 1.29 is 38.9 Å². The van der Waals surface area contributed by atoms with E-state index in [1.165, 1.54) is 38.8 Å². The van der Waals surface area contributed by atoms with Gasteiger partial charge in [-0.2, -0.15) is 0 Å². The molecule has 2 aromatic heterocycles. The molecular weight excluding hydrogens is 887 g/mol. The summed E-state index contributed by atoms with van der Waals surface area (Å²) in [5, 5.41) is 24.0. The number of carboxylic acids is 2. The largest absolute Gasteiger partial charge is 0.478 e. The molecule has 0 aliphatic carbocycles. The van der Waals surface area contributed by atoms with E-state index >= 15 is 0 Å². The van der Waals surface area contributed by atoms with Gasteiger partial charge in [0.05, 0.1) is 43.6 Å². The maximum absolute atomic E-state index is 12.8. The highest BCUT2D eigenvalue weighted by Crippen LogP contribution is 2.32. The van der Waals surface area contributed by atoms with Gasteiger partial charge >= 0.3 is 11.9 Å². The monoisotopic (exact) mass is 948 g/mol. The molecule has 4 aliphatic rings. The number of anilines is 2. The van der Waals surface area contributed by atoms with E-state index in [0.29, 0.717) is 91.4 Å². The lowest BCUT2D eigenvalue weighted by molar-refractivity contribution is -0.134. The van der Waals surface area contributed by atoms with Gasteiger partial charge in [0.2, 0.25) is 0 Å². The quantitative estimate of drug-likeness (QED) is 0.0668. The Morgan fingerprint density at radius 2 is 0.985 bits per heavy atom. The number of piperidine rings is 2. The van der Waals surface area contributed by atoms with E-state index in [2.05, 4.69) is 30.4 Å². The molecule has 356 valence electrons. The fourth-order valence-corrected chi connectivity index (χ4v) is 9.39. The molecule has 18 heteroatoms. The Hall–Kier alpha value is -5.10. The van der Waals surface area contributed by atoms with Gasteiger partial charge in [0.1, 0.15) is 0 Å². The molecular formula is C48H62Cl2N8O8. The standard InChI is InChI=1S/2C22H29ClN4O2.C4H4O4/c2*23-19-12-18(21-17(20(19)24)2-1-7-25-21)22(28)26-13-15-3-8-27(9-4-15)14-16-5-10-29-11-6-16;5-3(6)1-2-4(7)8/h2*1-2,7,12,15-16H,3-6,8-11,13-14,24H2,(H,26,28);1-2H,(H,5,6)(H,7,8)/b;;2-1+. The van der Waals surface area contributed by atoms with Gasteiger partial charge in [-0.3, -0.25) is 19.6 Å². The first kappa shape index (κ1) is 50.3. The van der Waals surface area contributed by atoms with Crippen LogP contribution in [0.5, 0.6) is 0 Å². The smallest absolute Gasteiger partial charge is 0.328 e. The Labute approximate surface area is 395 Å². The lowest BCUT2D eigenvalue weighted by Gasteiger charge is -2.35. The molecule has 66 heavy (non-hydrogen) atoms. The summed E-state index contributed by atoms with van der Waals surface area (Å²) in [6, 6.07) is 10.5. The number of rotatable bonds is 12. The van der Waals surface area contributed by atoms with Crippen LogP contribution in [0.2, 0.25) is 10.0 Å². The van der Waals surface area contributed by atoms with Crippen molar-refractivity contribution in [2.45, 2.75) is 51.4 Å². The van der Waals surface area contributed by atoms with Crippen LogP contribution in [0.1, 0.15) is 72.1 Å². The summed E-state index contributed by atoms with van der Waals surface area (Å²) in [5.74, 6) is -0.228. The van der Waals surface area contributed by atoms with Crippen LogP contribution < -0.4 is 22.1 Å². The minimum Gasteiger partial charge on any atom is -0.478 e. The number of aliphatic carboxylic acids is 2. The number of nitrogens with one attached hydrogen (secondary N) is 2. The Bertz CT molecular complexity index is 2150. The summed E-state index contributed by atoms with van der Waals surface area (Å²) in [7, 11) is 0. The first-order chi connectivity index (χ1) is 31.9. The van der Waals surface area contributed by atoms with Crippen LogP contribution in [0.25, 0.3) is 21.8 Å². The average Bonchev–Trinajstić information content (AvgIpc) is 3.33. The number of nitrogens with two attached hydrogens (primary N) is 2. The molecule has 4 saturated heterocycles. The average molecular weight is 950 g/mol. The Morgan fingerprint density at radius 1 is 0.621 bits per heavy atom. The van der Waals surface area contributed by atoms with Gasteiger partial charge in [-0.1, -0.05) is 23.2 Å². The van der Waals surface area contributed by atoms with Gasteiger partial charge in [0, 0.05) is 87.9 Å². The van der Waals surface area contributed by atoms with E-state index in [-0.39, 0.29) is 11.8 Å². The normalized spacial score (nSPS) is 18.3. The number of likely N-dealkylation sites (tertiary alicyclic amines) is 2. The molecule has 0 bridgehead atoms. The second kappa shape index (κ2) is 25.1. The van der Waals surface area contributed by atoms with Crippen LogP contribution in [0.3, 0.4) is 0 Å². The second-order valence-electron chi connectivity index (χ2n) is 17.5. The predicted molar refractivity (Wildman–Crippen MR) is 257 cm³/mol. The maximum atomic E-state index is 12.8. The SMILES string of the molecule is Nc1c(Cl)cc(C(=O)NCC2CCN(CC3CCOCC3)CC2)c2ncccc12.Nc1c(Cl)cc(C(=O)NCC2CCN(CC3CCOCC3)CC2)c2ncccc12.O=C(O)/C=C/C(=O)O. The van der Waals surface area contributed by atoms with Crippen molar-refractivity contribution >= 4 is 80.1 Å². The summed E-state index contributed by atoms with van der Waals surface area (Å²) in [4.78, 5) is 58.6. The summed E-state index contributed by atoms with van der Waals surface area (Å²) in [6.45, 7) is 11.8. The molecule has 2 amide bonds. The third kappa shape index (κ3) is 14.7. The van der Waals surface area contributed by atoms with Crippen LogP contribution in [0.15, 0.2) is 60.9 Å². The minimum absolute atomic E-state index is 0.139. The zero-order valence-electron chi connectivity index (χ0n) is 37.3. The van der Waals surface area contributed by atoms with Crippen molar-refractivity contribution in [2.75, 3.05) is 90.3 Å². The first-order valence-corrected chi connectivity index (χ1v) is 23.6. The number of nitrogens with zero attached hydrogens (tertiary/aromatic N) is 4. The van der Waals surface area contributed by atoms with Crippen LogP contribution in [-0.2, 0) is 19.1 Å². The number of pyridine rings is 2. The Kier molecular flexibility index (Phi) is 19.2. The molecule has 4 aromatic rings. The highest BCUT2D eigenvalue weighted by atomic mass is 35.5. The molecule has 0 saturated carbocycles. The number of hydrogen-bond acceptors (Lipinski definition) is 12. The predicted octanol–water partition coefficient (Wildman–Crippen LogP) is 6.39. The Balaban J connectivity index is 0.000000188. The minimum atomic E-state index is -1.26. The maximum Gasteiger partial charge on any atom is 0.328 e. The first-order valence-electron chi connectivity index (χ1n) is 22.8. The number of carboxylic acid groups (broad SMARTS) is 2. The van der Waals surface area contributed by atoms with E-state index in [0.717, 1.165) is 90.1 Å². The number of hydrogen-bond donors (Lipinski definition) is 6. The third-order valence-electron chi connectivity index (χ3n) is 12.9. The second-order valence-corrected chi connectivity index (χ2v) is 18.3. The van der Waals surface area contributed by atoms with Crippen molar-refractivity contribution in [3.8, 4) is 0 Å². The molecule has 4 fully saturated rings. The number of halogens is 2. The number of carbonyl (C=O) groups is 4. The molecule has 4 aliphatic heterocycles. The molecule has 0 unspecified atom stereocenters. The number of ether oxygens (including phenoxy) is 2. The van der Waals surface area contributed by atoms with Crippen molar-refractivity contribution in [2.24, 2.45) is 23.7 Å². The number of nitrogen functional groups attached to an aromatic ring is 2. The lowest BCUT2D eigenvalue weighted by Crippen LogP contribution is -2.41. The van der Waals surface area contributed by atoms with Crippen LogP contribution in [0.4, 0.5) is 11.4 Å². The number of amides is 2. The topological polar surface area (TPSA) is 236 Å². The van der Waals surface area contributed by atoms with E-state index in [1.807, 2.05) is 12.1 Å². The van der Waals surface area contributed by atoms with E-state index in [9.17, 15) is 19.2 Å². The van der Waals surface area contributed by atoms with Crippen LogP contribution in [-0.4, -0.2) is 133 Å².